The summed E-state index contributed by atoms with van der Waals surface area (Å²) in [6, 6.07) is 62.2. The molecule has 1 aliphatic carbocycles. The summed E-state index contributed by atoms with van der Waals surface area (Å²) < 4.78 is 6.65. The Hall–Kier alpha value is -6.44. The van der Waals surface area contributed by atoms with Crippen LogP contribution >= 0.6 is 0 Å². The molecule has 0 unspecified atom stereocenters. The Kier molecular flexibility index (Phi) is 5.45. The zero-order valence-electron chi connectivity index (χ0n) is 26.6. The Morgan fingerprint density at radius 1 is 0.245 bits per heavy atom. The van der Waals surface area contributed by atoms with Crippen LogP contribution in [0.1, 0.15) is 0 Å². The minimum atomic E-state index is 0.911. The van der Waals surface area contributed by atoms with Crippen LogP contribution in [0.3, 0.4) is 0 Å². The minimum Gasteiger partial charge on any atom is -0.455 e. The lowest BCUT2D eigenvalue weighted by Gasteiger charge is -2.26. The molecular formula is C48H28O. The first-order valence-electron chi connectivity index (χ1n) is 16.9. The van der Waals surface area contributed by atoms with Crippen LogP contribution in [0.4, 0.5) is 0 Å². The van der Waals surface area contributed by atoms with Crippen molar-refractivity contribution in [2.24, 2.45) is 0 Å². The van der Waals surface area contributed by atoms with E-state index in [0.717, 1.165) is 27.5 Å². The summed E-state index contributed by atoms with van der Waals surface area (Å²) in [5.74, 6) is 0. The standard InChI is InChI=1S/C48H28O/c1-4-17-33-29(13-1)30-14-2-5-18-34(30)43-28-45-39-23-11-22-38(41-25-12-24-40-36-20-9-10-26-46(36)49-48(40)41)47(39)37-21-8-7-16-32(37)31-15-3-6-19-35(31)44(45)27-42(33)43/h1-28H. The lowest BCUT2D eigenvalue weighted by atomic mass is 9.77. The van der Waals surface area contributed by atoms with Crippen molar-refractivity contribution in [3.05, 3.63) is 170 Å². The smallest absolute Gasteiger partial charge is 0.143 e. The second-order valence-corrected chi connectivity index (χ2v) is 13.1. The molecule has 1 heteroatoms. The van der Waals surface area contributed by atoms with Crippen LogP contribution in [-0.4, -0.2) is 0 Å². The van der Waals surface area contributed by atoms with Gasteiger partial charge in [-0.05, 0) is 101 Å². The Labute approximate surface area is 283 Å². The molecule has 0 N–H and O–H groups in total. The van der Waals surface area contributed by atoms with E-state index in [4.69, 9.17) is 4.42 Å². The molecule has 0 fully saturated rings. The van der Waals surface area contributed by atoms with Crippen LogP contribution in [-0.2, 0) is 0 Å². The first-order valence-corrected chi connectivity index (χ1v) is 16.9. The van der Waals surface area contributed by atoms with Crippen molar-refractivity contribution in [2.75, 3.05) is 0 Å². The van der Waals surface area contributed by atoms with E-state index < -0.39 is 0 Å². The second kappa shape index (κ2) is 10.0. The van der Waals surface area contributed by atoms with Gasteiger partial charge in [0.2, 0.25) is 0 Å². The third-order valence-corrected chi connectivity index (χ3v) is 10.6. The number of fused-ring (bicyclic) bond motifs is 17. The molecule has 0 saturated heterocycles. The normalized spacial score (nSPS) is 12.1. The highest BCUT2D eigenvalue weighted by molar-refractivity contribution is 6.27. The van der Waals surface area contributed by atoms with Gasteiger partial charge in [0.05, 0.1) is 0 Å². The summed E-state index contributed by atoms with van der Waals surface area (Å²) in [4.78, 5) is 0. The van der Waals surface area contributed by atoms with Crippen molar-refractivity contribution in [3.8, 4) is 55.6 Å². The number of furan rings is 1. The van der Waals surface area contributed by atoms with E-state index in [1.807, 2.05) is 6.07 Å². The van der Waals surface area contributed by atoms with Crippen molar-refractivity contribution in [2.45, 2.75) is 0 Å². The summed E-state index contributed by atoms with van der Waals surface area (Å²) in [7, 11) is 0. The van der Waals surface area contributed by atoms with Crippen LogP contribution in [0.5, 0.6) is 0 Å². The highest BCUT2D eigenvalue weighted by Crippen LogP contribution is 2.53. The van der Waals surface area contributed by atoms with Crippen LogP contribution in [0.15, 0.2) is 174 Å². The number of benzene rings is 9. The summed E-state index contributed by atoms with van der Waals surface area (Å²) in [5.41, 5.74) is 14.0. The molecule has 10 aromatic rings. The van der Waals surface area contributed by atoms with Gasteiger partial charge in [0.1, 0.15) is 11.2 Å². The zero-order chi connectivity index (χ0) is 32.1. The van der Waals surface area contributed by atoms with Gasteiger partial charge in [-0.3, -0.25) is 0 Å². The van der Waals surface area contributed by atoms with Crippen molar-refractivity contribution >= 4 is 54.3 Å². The molecule has 0 aliphatic heterocycles. The van der Waals surface area contributed by atoms with Gasteiger partial charge in [-0.1, -0.05) is 152 Å². The molecule has 226 valence electrons. The van der Waals surface area contributed by atoms with E-state index in [-0.39, 0.29) is 0 Å². The first kappa shape index (κ1) is 26.6. The molecule has 0 radical (unpaired) electrons. The van der Waals surface area contributed by atoms with Gasteiger partial charge in [0, 0.05) is 16.3 Å². The minimum absolute atomic E-state index is 0.911. The van der Waals surface area contributed by atoms with Gasteiger partial charge < -0.3 is 4.42 Å². The number of hydrogen-bond donors (Lipinski definition) is 0. The maximum atomic E-state index is 6.65. The molecule has 1 heterocycles. The molecule has 0 spiro atoms. The molecule has 9 aromatic carbocycles. The van der Waals surface area contributed by atoms with Crippen molar-refractivity contribution in [1.29, 1.82) is 0 Å². The summed E-state index contributed by atoms with van der Waals surface area (Å²) in [5, 5.41) is 9.97. The average molecular weight is 621 g/mol. The molecule has 1 nitrogen and oxygen atoms in total. The highest BCUT2D eigenvalue weighted by atomic mass is 16.3. The Bertz CT molecular complexity index is 2990. The van der Waals surface area contributed by atoms with E-state index in [0.29, 0.717) is 0 Å². The first-order chi connectivity index (χ1) is 24.3. The van der Waals surface area contributed by atoms with Gasteiger partial charge in [-0.25, -0.2) is 0 Å². The summed E-state index contributed by atoms with van der Waals surface area (Å²) >= 11 is 0. The van der Waals surface area contributed by atoms with E-state index in [9.17, 15) is 0 Å². The predicted octanol–water partition coefficient (Wildman–Crippen LogP) is 13.7. The molecule has 0 atom stereocenters. The lowest BCUT2D eigenvalue weighted by molar-refractivity contribution is 0.670. The third kappa shape index (κ3) is 3.70. The van der Waals surface area contributed by atoms with E-state index >= 15 is 0 Å². The van der Waals surface area contributed by atoms with Gasteiger partial charge in [0.25, 0.3) is 0 Å². The van der Waals surface area contributed by atoms with Gasteiger partial charge in [0.15, 0.2) is 0 Å². The molecule has 0 bridgehead atoms. The fourth-order valence-electron chi connectivity index (χ4n) is 8.54. The molecule has 0 saturated carbocycles. The van der Waals surface area contributed by atoms with Crippen molar-refractivity contribution < 1.29 is 4.42 Å². The van der Waals surface area contributed by atoms with Crippen LogP contribution < -0.4 is 0 Å². The number of hydrogen-bond acceptors (Lipinski definition) is 1. The number of rotatable bonds is 1. The van der Waals surface area contributed by atoms with Crippen LogP contribution in [0.2, 0.25) is 0 Å². The lowest BCUT2D eigenvalue weighted by Crippen LogP contribution is -1.99. The van der Waals surface area contributed by atoms with Gasteiger partial charge in [-0.15, -0.1) is 0 Å². The SMILES string of the molecule is c1ccc2c(c1)-c1cc3c4ccccc4c4ccccc4c3cc1-c1cccc(-c3cccc4c3oc3ccccc34)c1-c1ccccc1-2. The molecule has 1 aromatic heterocycles. The Balaban J connectivity index is 1.33. The molecule has 0 amide bonds. The quantitative estimate of drug-likeness (QED) is 0.166. The maximum Gasteiger partial charge on any atom is 0.143 e. The van der Waals surface area contributed by atoms with Crippen molar-refractivity contribution in [3.63, 3.8) is 0 Å². The van der Waals surface area contributed by atoms with E-state index in [1.54, 1.807) is 0 Å². The Morgan fingerprint density at radius 2 is 0.633 bits per heavy atom. The summed E-state index contributed by atoms with van der Waals surface area (Å²) in [6.45, 7) is 0. The van der Waals surface area contributed by atoms with Crippen molar-refractivity contribution in [1.82, 2.24) is 0 Å². The Morgan fingerprint density at radius 3 is 1.29 bits per heavy atom. The topological polar surface area (TPSA) is 13.1 Å². The van der Waals surface area contributed by atoms with Crippen LogP contribution in [0.25, 0.3) is 110 Å². The van der Waals surface area contributed by atoms with E-state index in [1.165, 1.54) is 82.4 Å². The molecular weight excluding hydrogens is 593 g/mol. The monoisotopic (exact) mass is 620 g/mol. The summed E-state index contributed by atoms with van der Waals surface area (Å²) in [6.07, 6.45) is 0. The van der Waals surface area contributed by atoms with Gasteiger partial charge >= 0.3 is 0 Å². The number of para-hydroxylation sites is 2. The van der Waals surface area contributed by atoms with Crippen LogP contribution in [0, 0.1) is 0 Å². The largest absolute Gasteiger partial charge is 0.455 e. The molecule has 11 rings (SSSR count). The average Bonchev–Trinajstić information content (AvgIpc) is 3.56. The second-order valence-electron chi connectivity index (χ2n) is 13.1. The molecule has 49 heavy (non-hydrogen) atoms. The highest BCUT2D eigenvalue weighted by Gasteiger charge is 2.26. The molecule has 1 aliphatic rings. The fourth-order valence-corrected chi connectivity index (χ4v) is 8.54. The van der Waals surface area contributed by atoms with E-state index in [2.05, 4.69) is 164 Å². The zero-order valence-corrected chi connectivity index (χ0v) is 26.6. The maximum absolute atomic E-state index is 6.65. The third-order valence-electron chi connectivity index (χ3n) is 10.6. The van der Waals surface area contributed by atoms with Gasteiger partial charge in [-0.2, -0.15) is 0 Å². The fraction of sp³-hybridized carbons (Fsp3) is 0. The predicted molar refractivity (Wildman–Crippen MR) is 207 cm³/mol.